The molecule has 1 aromatic rings. The molecule has 0 N–H and O–H groups in total. The van der Waals surface area contributed by atoms with E-state index in [9.17, 15) is 0 Å². The number of ether oxygens (including phenoxy) is 3. The van der Waals surface area contributed by atoms with Crippen molar-refractivity contribution in [2.75, 3.05) is 20.3 Å². The fraction of sp³-hybridized carbons (Fsp3) is 0.684. The van der Waals surface area contributed by atoms with Crippen LogP contribution in [0.1, 0.15) is 40.5 Å². The van der Waals surface area contributed by atoms with Crippen molar-refractivity contribution >= 4 is 0 Å². The van der Waals surface area contributed by atoms with Crippen LogP contribution in [-0.4, -0.2) is 48.1 Å². The molecule has 2 saturated heterocycles. The second-order valence-corrected chi connectivity index (χ2v) is 8.12. The maximum Gasteiger partial charge on any atom is 0.172 e. The Hall–Kier alpha value is -1.10. The largest absolute Gasteiger partial charge is 0.491 e. The van der Waals surface area contributed by atoms with Crippen LogP contribution in [0.5, 0.6) is 5.75 Å². The lowest BCUT2D eigenvalue weighted by molar-refractivity contribution is -0.243. The van der Waals surface area contributed by atoms with E-state index in [-0.39, 0.29) is 17.2 Å². The monoisotopic (exact) mass is 319 g/mol. The number of rotatable bonds is 3. The maximum atomic E-state index is 6.36. The summed E-state index contributed by atoms with van der Waals surface area (Å²) in [6.45, 7) is 10.2. The molecule has 1 aromatic carbocycles. The summed E-state index contributed by atoms with van der Waals surface area (Å²) in [7, 11) is 2.19. The van der Waals surface area contributed by atoms with Crippen molar-refractivity contribution in [3.8, 4) is 5.75 Å². The highest BCUT2D eigenvalue weighted by molar-refractivity contribution is 5.21. The number of benzene rings is 1. The fourth-order valence-electron chi connectivity index (χ4n) is 4.03. The smallest absolute Gasteiger partial charge is 0.172 e. The fourth-order valence-corrected chi connectivity index (χ4v) is 4.03. The van der Waals surface area contributed by atoms with E-state index in [0.29, 0.717) is 13.2 Å². The van der Waals surface area contributed by atoms with E-state index in [1.807, 2.05) is 30.3 Å². The van der Waals surface area contributed by atoms with Gasteiger partial charge in [0.1, 0.15) is 18.5 Å². The van der Waals surface area contributed by atoms with Gasteiger partial charge in [0.25, 0.3) is 0 Å². The van der Waals surface area contributed by atoms with Crippen LogP contribution in [0.3, 0.4) is 0 Å². The summed E-state index contributed by atoms with van der Waals surface area (Å²) in [6.07, 6.45) is 1.74. The van der Waals surface area contributed by atoms with E-state index < -0.39 is 5.79 Å². The van der Waals surface area contributed by atoms with Gasteiger partial charge in [-0.05, 0) is 46.9 Å². The highest BCUT2D eigenvalue weighted by atomic mass is 16.8. The summed E-state index contributed by atoms with van der Waals surface area (Å²) in [6, 6.07) is 9.87. The molecule has 4 heteroatoms. The minimum absolute atomic E-state index is 0.00906. The van der Waals surface area contributed by atoms with Crippen LogP contribution in [0.2, 0.25) is 0 Å². The topological polar surface area (TPSA) is 30.9 Å². The van der Waals surface area contributed by atoms with Gasteiger partial charge in [0.15, 0.2) is 5.79 Å². The Morgan fingerprint density at radius 3 is 2.30 bits per heavy atom. The molecule has 2 fully saturated rings. The second kappa shape index (κ2) is 5.76. The molecule has 1 spiro atoms. The third kappa shape index (κ3) is 3.39. The lowest BCUT2D eigenvalue weighted by Gasteiger charge is -2.56. The van der Waals surface area contributed by atoms with Gasteiger partial charge in [0.05, 0.1) is 6.61 Å². The molecule has 0 saturated carbocycles. The molecule has 2 aliphatic heterocycles. The Bertz CT molecular complexity index is 523. The average molecular weight is 319 g/mol. The Balaban J connectivity index is 1.64. The zero-order valence-electron chi connectivity index (χ0n) is 15.0. The van der Waals surface area contributed by atoms with Gasteiger partial charge in [-0.1, -0.05) is 18.2 Å². The molecule has 0 aromatic heterocycles. The summed E-state index contributed by atoms with van der Waals surface area (Å²) >= 11 is 0. The molecule has 2 aliphatic rings. The molecule has 0 radical (unpaired) electrons. The Morgan fingerprint density at radius 1 is 1.09 bits per heavy atom. The van der Waals surface area contributed by atoms with E-state index in [1.54, 1.807) is 0 Å². The summed E-state index contributed by atoms with van der Waals surface area (Å²) in [4.78, 5) is 2.44. The Kier molecular flexibility index (Phi) is 4.20. The molecule has 4 nitrogen and oxygen atoms in total. The van der Waals surface area contributed by atoms with Crippen LogP contribution in [0.4, 0.5) is 0 Å². The number of likely N-dealkylation sites (tertiary alicyclic amines) is 1. The van der Waals surface area contributed by atoms with Crippen molar-refractivity contribution in [2.45, 2.75) is 63.5 Å². The molecule has 1 atom stereocenters. The van der Waals surface area contributed by atoms with Gasteiger partial charge in [-0.2, -0.15) is 0 Å². The van der Waals surface area contributed by atoms with Crippen LogP contribution < -0.4 is 4.74 Å². The normalized spacial score (nSPS) is 28.8. The average Bonchev–Trinajstić information content (AvgIpc) is 2.85. The first kappa shape index (κ1) is 16.7. The number of hydrogen-bond donors (Lipinski definition) is 0. The van der Waals surface area contributed by atoms with Gasteiger partial charge < -0.3 is 14.2 Å². The second-order valence-electron chi connectivity index (χ2n) is 8.12. The SMILES string of the molecule is CN1C(C)(C)CC2(CC1(C)C)OCC(COc1ccccc1)O2. The Morgan fingerprint density at radius 2 is 1.70 bits per heavy atom. The van der Waals surface area contributed by atoms with Crippen molar-refractivity contribution in [2.24, 2.45) is 0 Å². The number of para-hydroxylation sites is 1. The van der Waals surface area contributed by atoms with E-state index in [1.165, 1.54) is 0 Å². The predicted molar refractivity (Wildman–Crippen MR) is 90.6 cm³/mol. The minimum atomic E-state index is -0.482. The van der Waals surface area contributed by atoms with Gasteiger partial charge in [-0.15, -0.1) is 0 Å². The minimum Gasteiger partial charge on any atom is -0.491 e. The third-order valence-electron chi connectivity index (χ3n) is 5.31. The third-order valence-corrected chi connectivity index (χ3v) is 5.31. The first-order valence-electron chi connectivity index (χ1n) is 8.46. The number of hydrogen-bond acceptors (Lipinski definition) is 4. The first-order chi connectivity index (χ1) is 10.7. The van der Waals surface area contributed by atoms with Gasteiger partial charge in [-0.25, -0.2) is 0 Å². The van der Waals surface area contributed by atoms with E-state index in [2.05, 4.69) is 39.6 Å². The van der Waals surface area contributed by atoms with Crippen LogP contribution in [-0.2, 0) is 9.47 Å². The molecule has 0 aliphatic carbocycles. The molecule has 0 amide bonds. The van der Waals surface area contributed by atoms with Crippen molar-refractivity contribution in [1.82, 2.24) is 4.90 Å². The van der Waals surface area contributed by atoms with Crippen LogP contribution in [0.25, 0.3) is 0 Å². The Labute approximate surface area is 139 Å². The quantitative estimate of drug-likeness (QED) is 0.854. The number of piperidine rings is 1. The van der Waals surface area contributed by atoms with Gasteiger partial charge in [0, 0.05) is 23.9 Å². The molecule has 0 bridgehead atoms. The summed E-state index contributed by atoms with van der Waals surface area (Å²) in [5.41, 5.74) is 0.0772. The van der Waals surface area contributed by atoms with Gasteiger partial charge in [-0.3, -0.25) is 4.90 Å². The summed E-state index contributed by atoms with van der Waals surface area (Å²) < 4.78 is 18.4. The zero-order valence-corrected chi connectivity index (χ0v) is 15.0. The highest BCUT2D eigenvalue weighted by Crippen LogP contribution is 2.47. The van der Waals surface area contributed by atoms with Crippen molar-refractivity contribution < 1.29 is 14.2 Å². The molecular weight excluding hydrogens is 290 g/mol. The van der Waals surface area contributed by atoms with E-state index in [4.69, 9.17) is 14.2 Å². The standard InChI is InChI=1S/C19H29NO3/c1-17(2)13-19(14-18(3,4)20(17)5)22-12-16(23-19)11-21-15-9-7-6-8-10-15/h6-10,16H,11-14H2,1-5H3. The van der Waals surface area contributed by atoms with E-state index >= 15 is 0 Å². The highest BCUT2D eigenvalue weighted by Gasteiger charge is 2.55. The molecule has 3 rings (SSSR count). The molecule has 1 unspecified atom stereocenters. The van der Waals surface area contributed by atoms with E-state index in [0.717, 1.165) is 18.6 Å². The van der Waals surface area contributed by atoms with Crippen molar-refractivity contribution in [3.05, 3.63) is 30.3 Å². The summed E-state index contributed by atoms with van der Waals surface area (Å²) in [5.74, 6) is 0.394. The predicted octanol–water partition coefficient (Wildman–Crippen LogP) is 3.46. The summed E-state index contributed by atoms with van der Waals surface area (Å²) in [5, 5.41) is 0. The van der Waals surface area contributed by atoms with Crippen molar-refractivity contribution in [1.29, 1.82) is 0 Å². The molecule has 2 heterocycles. The van der Waals surface area contributed by atoms with Crippen molar-refractivity contribution in [3.63, 3.8) is 0 Å². The van der Waals surface area contributed by atoms with Gasteiger partial charge in [0.2, 0.25) is 0 Å². The van der Waals surface area contributed by atoms with Gasteiger partial charge >= 0.3 is 0 Å². The molecule has 128 valence electrons. The van der Waals surface area contributed by atoms with Crippen LogP contribution in [0, 0.1) is 0 Å². The lowest BCUT2D eigenvalue weighted by Crippen LogP contribution is -2.64. The molecule has 23 heavy (non-hydrogen) atoms. The maximum absolute atomic E-state index is 6.36. The van der Waals surface area contributed by atoms with Crippen LogP contribution in [0.15, 0.2) is 30.3 Å². The first-order valence-corrected chi connectivity index (χ1v) is 8.46. The zero-order chi connectivity index (χ0) is 16.7. The number of nitrogens with zero attached hydrogens (tertiary/aromatic N) is 1. The lowest BCUT2D eigenvalue weighted by atomic mass is 9.76. The van der Waals surface area contributed by atoms with Crippen LogP contribution >= 0.6 is 0 Å². The molecular formula is C19H29NO3.